The molecule has 1 aliphatic carbocycles. The van der Waals surface area contributed by atoms with Gasteiger partial charge in [-0.15, -0.1) is 0 Å². The Bertz CT molecular complexity index is 1680. The van der Waals surface area contributed by atoms with E-state index in [-0.39, 0.29) is 17.8 Å². The van der Waals surface area contributed by atoms with Crippen molar-refractivity contribution in [2.45, 2.75) is 50.4 Å². The second kappa shape index (κ2) is 9.31. The van der Waals surface area contributed by atoms with Crippen LogP contribution in [0.3, 0.4) is 0 Å². The van der Waals surface area contributed by atoms with E-state index in [2.05, 4.69) is 19.1 Å². The Balaban J connectivity index is 1.57. The third-order valence-electron chi connectivity index (χ3n) is 8.99. The molecule has 4 aliphatic rings. The van der Waals surface area contributed by atoms with Crippen LogP contribution in [0.2, 0.25) is 0 Å². The van der Waals surface area contributed by atoms with Crippen LogP contribution in [0, 0.1) is 5.92 Å². The van der Waals surface area contributed by atoms with Crippen LogP contribution in [0.15, 0.2) is 60.2 Å². The van der Waals surface area contributed by atoms with Crippen molar-refractivity contribution in [3.8, 4) is 34.5 Å². The SMILES string of the molecule is COc1ccc2c(c1)O[C@@]1(c3ccc(OC)c4c3OC(C)(C)C=C4)Oc3cc(C=O)cc(OC)c3[C@H]3C=C(C)C[C@H]2[C@H]31. The largest absolute Gasteiger partial charge is 0.497 e. The van der Waals surface area contributed by atoms with Gasteiger partial charge in [-0.25, -0.2) is 0 Å². The average Bonchev–Trinajstić information content (AvgIpc) is 2.98. The predicted octanol–water partition coefficient (Wildman–Crippen LogP) is 7.18. The van der Waals surface area contributed by atoms with Gasteiger partial charge in [0.25, 0.3) is 5.79 Å². The highest BCUT2D eigenvalue weighted by Crippen LogP contribution is 2.66. The first-order chi connectivity index (χ1) is 20.2. The molecule has 0 bridgehead atoms. The van der Waals surface area contributed by atoms with Crippen LogP contribution >= 0.6 is 0 Å². The van der Waals surface area contributed by atoms with E-state index in [1.807, 2.05) is 50.3 Å². The number of benzene rings is 3. The van der Waals surface area contributed by atoms with Crippen molar-refractivity contribution in [1.82, 2.24) is 0 Å². The summed E-state index contributed by atoms with van der Waals surface area (Å²) in [5, 5.41) is 0. The minimum absolute atomic E-state index is 0.0585. The van der Waals surface area contributed by atoms with Crippen molar-refractivity contribution in [3.63, 3.8) is 0 Å². The number of ether oxygens (including phenoxy) is 6. The molecule has 0 radical (unpaired) electrons. The molecule has 0 saturated carbocycles. The van der Waals surface area contributed by atoms with Crippen LogP contribution in [0.5, 0.6) is 34.5 Å². The van der Waals surface area contributed by atoms with Gasteiger partial charge >= 0.3 is 0 Å². The number of methoxy groups -OCH3 is 3. The van der Waals surface area contributed by atoms with E-state index < -0.39 is 11.4 Å². The molecule has 7 rings (SSSR count). The van der Waals surface area contributed by atoms with E-state index in [0.29, 0.717) is 40.1 Å². The summed E-state index contributed by atoms with van der Waals surface area (Å²) in [6.07, 6.45) is 8.02. The minimum Gasteiger partial charge on any atom is -0.497 e. The van der Waals surface area contributed by atoms with Crippen molar-refractivity contribution in [2.75, 3.05) is 21.3 Å². The lowest BCUT2D eigenvalue weighted by Crippen LogP contribution is -2.56. The Morgan fingerprint density at radius 3 is 2.43 bits per heavy atom. The quantitative estimate of drug-likeness (QED) is 0.239. The van der Waals surface area contributed by atoms with Gasteiger partial charge in [-0.05, 0) is 75.2 Å². The summed E-state index contributed by atoms with van der Waals surface area (Å²) in [6, 6.07) is 13.5. The maximum atomic E-state index is 12.0. The highest BCUT2D eigenvalue weighted by atomic mass is 16.7. The molecule has 0 spiro atoms. The average molecular weight is 567 g/mol. The van der Waals surface area contributed by atoms with Crippen LogP contribution < -0.4 is 28.4 Å². The summed E-state index contributed by atoms with van der Waals surface area (Å²) >= 11 is 0. The van der Waals surface area contributed by atoms with Crippen LogP contribution in [0.25, 0.3) is 6.08 Å². The number of carbonyl (C=O) groups excluding carboxylic acids is 1. The normalized spacial score (nSPS) is 25.6. The molecule has 0 fully saturated rings. The van der Waals surface area contributed by atoms with Gasteiger partial charge in [0, 0.05) is 29.0 Å². The summed E-state index contributed by atoms with van der Waals surface area (Å²) in [5.41, 5.74) is 4.77. The maximum Gasteiger partial charge on any atom is 0.285 e. The number of aldehydes is 1. The number of hydrogen-bond acceptors (Lipinski definition) is 7. The fourth-order valence-corrected chi connectivity index (χ4v) is 7.23. The Kier molecular flexibility index (Phi) is 5.88. The second-order valence-electron chi connectivity index (χ2n) is 12.0. The van der Waals surface area contributed by atoms with Crippen molar-refractivity contribution in [3.05, 3.63) is 88.0 Å². The van der Waals surface area contributed by atoms with Gasteiger partial charge in [-0.3, -0.25) is 4.79 Å². The lowest BCUT2D eigenvalue weighted by molar-refractivity contribution is -0.198. The monoisotopic (exact) mass is 566 g/mol. The molecule has 3 aliphatic heterocycles. The summed E-state index contributed by atoms with van der Waals surface area (Å²) in [6.45, 7) is 6.21. The molecule has 4 atom stereocenters. The van der Waals surface area contributed by atoms with Crippen molar-refractivity contribution in [2.24, 2.45) is 5.92 Å². The Hall–Kier alpha value is -4.39. The van der Waals surface area contributed by atoms with E-state index in [9.17, 15) is 4.79 Å². The Labute approximate surface area is 245 Å². The van der Waals surface area contributed by atoms with Gasteiger partial charge in [0.1, 0.15) is 46.4 Å². The molecule has 0 unspecified atom stereocenters. The number of carbonyl (C=O) groups is 1. The summed E-state index contributed by atoms with van der Waals surface area (Å²) in [5.74, 6) is 2.36. The molecule has 0 N–H and O–H groups in total. The van der Waals surface area contributed by atoms with Crippen molar-refractivity contribution in [1.29, 1.82) is 0 Å². The lowest BCUT2D eigenvalue weighted by atomic mass is 9.61. The first-order valence-electron chi connectivity index (χ1n) is 14.2. The van der Waals surface area contributed by atoms with Crippen LogP contribution in [-0.2, 0) is 5.79 Å². The third kappa shape index (κ3) is 3.75. The molecule has 7 nitrogen and oxygen atoms in total. The van der Waals surface area contributed by atoms with Gasteiger partial charge in [-0.2, -0.15) is 0 Å². The fraction of sp³-hybridized carbons (Fsp3) is 0.343. The first kappa shape index (κ1) is 26.5. The topological polar surface area (TPSA) is 72.5 Å². The zero-order valence-corrected chi connectivity index (χ0v) is 24.6. The third-order valence-corrected chi connectivity index (χ3v) is 8.99. The Morgan fingerprint density at radius 2 is 1.69 bits per heavy atom. The first-order valence-corrected chi connectivity index (χ1v) is 14.2. The molecule has 3 aromatic carbocycles. The van der Waals surface area contributed by atoms with Crippen LogP contribution in [-0.4, -0.2) is 33.2 Å². The second-order valence-corrected chi connectivity index (χ2v) is 12.0. The van der Waals surface area contributed by atoms with Crippen LogP contribution in [0.4, 0.5) is 0 Å². The minimum atomic E-state index is -1.30. The van der Waals surface area contributed by atoms with E-state index >= 15 is 0 Å². The molecule has 0 aromatic heterocycles. The summed E-state index contributed by atoms with van der Waals surface area (Å²) in [4.78, 5) is 12.0. The highest BCUT2D eigenvalue weighted by Gasteiger charge is 2.62. The van der Waals surface area contributed by atoms with E-state index in [4.69, 9.17) is 28.4 Å². The van der Waals surface area contributed by atoms with E-state index in [1.165, 1.54) is 5.57 Å². The van der Waals surface area contributed by atoms with Gasteiger partial charge in [0.2, 0.25) is 0 Å². The van der Waals surface area contributed by atoms with Crippen molar-refractivity contribution < 1.29 is 33.2 Å². The number of fused-ring (bicyclic) bond motifs is 5. The standard InChI is InChI=1S/C35H34O7/c1-19-13-24-22-8-7-21(37-4)17-28(22)40-35(26-9-10-27(38-5)23-11-12-34(2,3)42-33(23)26)32(24)25(14-19)31-29(39-6)15-20(18-36)16-30(31)41-35/h7-12,14-18,24-25,32H,13H2,1-6H3/t24-,25-,32-,35+/m1/s1. The Morgan fingerprint density at radius 1 is 0.905 bits per heavy atom. The van der Waals surface area contributed by atoms with Crippen LogP contribution in [0.1, 0.15) is 71.6 Å². The fourth-order valence-electron chi connectivity index (χ4n) is 7.23. The number of hydrogen-bond donors (Lipinski definition) is 0. The van der Waals surface area contributed by atoms with Gasteiger partial charge in [0.15, 0.2) is 0 Å². The summed E-state index contributed by atoms with van der Waals surface area (Å²) in [7, 11) is 4.93. The van der Waals surface area contributed by atoms with Gasteiger partial charge in [-0.1, -0.05) is 17.7 Å². The van der Waals surface area contributed by atoms with Gasteiger partial charge < -0.3 is 28.4 Å². The highest BCUT2D eigenvalue weighted by molar-refractivity contribution is 5.78. The molecular weight excluding hydrogens is 532 g/mol. The molecule has 7 heteroatoms. The zero-order chi connectivity index (χ0) is 29.4. The molecule has 0 amide bonds. The molecule has 0 saturated heterocycles. The summed E-state index contributed by atoms with van der Waals surface area (Å²) < 4.78 is 38.2. The predicted molar refractivity (Wildman–Crippen MR) is 158 cm³/mol. The van der Waals surface area contributed by atoms with Crippen molar-refractivity contribution >= 4 is 12.4 Å². The molecule has 216 valence electrons. The zero-order valence-electron chi connectivity index (χ0n) is 24.6. The lowest BCUT2D eigenvalue weighted by Gasteiger charge is -2.55. The molecule has 3 heterocycles. The maximum absolute atomic E-state index is 12.0. The molecule has 3 aromatic rings. The molecular formula is C35H34O7. The molecule has 42 heavy (non-hydrogen) atoms. The van der Waals surface area contributed by atoms with E-state index in [0.717, 1.165) is 35.0 Å². The van der Waals surface area contributed by atoms with E-state index in [1.54, 1.807) is 33.5 Å². The number of rotatable bonds is 5. The number of allylic oxidation sites excluding steroid dienone is 2. The smallest absolute Gasteiger partial charge is 0.285 e. The van der Waals surface area contributed by atoms with Gasteiger partial charge in [0.05, 0.1) is 38.4 Å².